The number of carbonyl (C=O) groups excluding carboxylic acids is 3. The number of piperidine rings is 1. The first-order chi connectivity index (χ1) is 12.9. The number of benzene rings is 1. The fraction of sp³-hybridized carbons (Fsp3) is 0.571. The number of aryl methyl sites for hydroxylation is 1. The summed E-state index contributed by atoms with van der Waals surface area (Å²) in [5.41, 5.74) is 1.11. The first kappa shape index (κ1) is 19.4. The standard InChI is InChI=1S/C21H28N2O4/c1-3-27-18-7-5-16(13-15(18)2)17(24)6-8-19(25)23-12-10-21(14-23)9-4-11-22-20(21)26/h5,7,13H,3-4,6,8-12,14H2,1-2H3,(H,22,26). The van der Waals surface area contributed by atoms with E-state index in [1.807, 2.05) is 19.9 Å². The van der Waals surface area contributed by atoms with Gasteiger partial charge in [0.2, 0.25) is 11.8 Å². The van der Waals surface area contributed by atoms with Crippen LogP contribution in [0.2, 0.25) is 0 Å². The van der Waals surface area contributed by atoms with Crippen LogP contribution in [0, 0.1) is 12.3 Å². The van der Waals surface area contributed by atoms with Crippen molar-refractivity contribution in [1.82, 2.24) is 10.2 Å². The second-order valence-corrected chi connectivity index (χ2v) is 7.54. The summed E-state index contributed by atoms with van der Waals surface area (Å²) in [5, 5.41) is 2.92. The highest BCUT2D eigenvalue weighted by atomic mass is 16.5. The average Bonchev–Trinajstić information content (AvgIpc) is 3.09. The SMILES string of the molecule is CCOc1ccc(C(=O)CCC(=O)N2CCC3(CCCNC3=O)C2)cc1C. The van der Waals surface area contributed by atoms with E-state index >= 15 is 0 Å². The summed E-state index contributed by atoms with van der Waals surface area (Å²) in [7, 11) is 0. The van der Waals surface area contributed by atoms with E-state index in [1.165, 1.54) is 0 Å². The smallest absolute Gasteiger partial charge is 0.228 e. The molecular weight excluding hydrogens is 344 g/mol. The summed E-state index contributed by atoms with van der Waals surface area (Å²) in [5.74, 6) is 0.767. The molecule has 27 heavy (non-hydrogen) atoms. The number of carbonyl (C=O) groups is 3. The van der Waals surface area contributed by atoms with Gasteiger partial charge in [0.1, 0.15) is 5.75 Å². The molecule has 2 fully saturated rings. The van der Waals surface area contributed by atoms with Gasteiger partial charge in [0.05, 0.1) is 12.0 Å². The molecular formula is C21H28N2O4. The second kappa shape index (κ2) is 8.11. The monoisotopic (exact) mass is 372 g/mol. The Morgan fingerprint density at radius 3 is 2.78 bits per heavy atom. The Morgan fingerprint density at radius 1 is 1.26 bits per heavy atom. The third-order valence-electron chi connectivity index (χ3n) is 5.67. The molecule has 146 valence electrons. The molecule has 1 aromatic rings. The molecule has 2 amide bonds. The summed E-state index contributed by atoms with van der Waals surface area (Å²) >= 11 is 0. The van der Waals surface area contributed by atoms with Gasteiger partial charge in [-0.05, 0) is 56.9 Å². The number of Topliss-reactive ketones (excluding diaryl/α,β-unsaturated/α-hetero) is 1. The van der Waals surface area contributed by atoms with Crippen LogP contribution in [0.1, 0.15) is 54.9 Å². The highest BCUT2D eigenvalue weighted by Crippen LogP contribution is 2.37. The first-order valence-corrected chi connectivity index (χ1v) is 9.78. The zero-order chi connectivity index (χ0) is 19.4. The highest BCUT2D eigenvalue weighted by Gasteiger charge is 2.46. The molecule has 2 saturated heterocycles. The lowest BCUT2D eigenvalue weighted by atomic mass is 9.79. The van der Waals surface area contributed by atoms with Gasteiger partial charge in [-0.15, -0.1) is 0 Å². The van der Waals surface area contributed by atoms with Crippen molar-refractivity contribution in [3.8, 4) is 5.75 Å². The van der Waals surface area contributed by atoms with E-state index in [1.54, 1.807) is 17.0 Å². The average molecular weight is 372 g/mol. The Kier molecular flexibility index (Phi) is 5.82. The Balaban J connectivity index is 1.54. The van der Waals surface area contributed by atoms with Gasteiger partial charge < -0.3 is 15.0 Å². The molecule has 1 unspecified atom stereocenters. The van der Waals surface area contributed by atoms with Gasteiger partial charge in [-0.25, -0.2) is 0 Å². The maximum absolute atomic E-state index is 12.5. The lowest BCUT2D eigenvalue weighted by Gasteiger charge is -2.32. The van der Waals surface area contributed by atoms with E-state index in [0.717, 1.165) is 37.1 Å². The Hall–Kier alpha value is -2.37. The molecule has 1 spiro atoms. The first-order valence-electron chi connectivity index (χ1n) is 9.78. The Labute approximate surface area is 160 Å². The molecule has 0 bridgehead atoms. The molecule has 0 saturated carbocycles. The number of ketones is 1. The van der Waals surface area contributed by atoms with Crippen LogP contribution < -0.4 is 10.1 Å². The number of ether oxygens (including phenoxy) is 1. The van der Waals surface area contributed by atoms with E-state index in [4.69, 9.17) is 4.74 Å². The van der Waals surface area contributed by atoms with Crippen LogP contribution in [0.5, 0.6) is 5.75 Å². The van der Waals surface area contributed by atoms with Crippen LogP contribution in [0.25, 0.3) is 0 Å². The summed E-state index contributed by atoms with van der Waals surface area (Å²) in [6, 6.07) is 5.37. The molecule has 6 nitrogen and oxygen atoms in total. The Morgan fingerprint density at radius 2 is 2.07 bits per heavy atom. The van der Waals surface area contributed by atoms with Crippen molar-refractivity contribution in [2.75, 3.05) is 26.2 Å². The molecule has 0 aliphatic carbocycles. The van der Waals surface area contributed by atoms with Crippen LogP contribution >= 0.6 is 0 Å². The quantitative estimate of drug-likeness (QED) is 0.779. The minimum atomic E-state index is -0.413. The summed E-state index contributed by atoms with van der Waals surface area (Å²) in [6.45, 7) is 6.22. The molecule has 1 N–H and O–H groups in total. The lowest BCUT2D eigenvalue weighted by molar-refractivity contribution is -0.134. The van der Waals surface area contributed by atoms with E-state index in [0.29, 0.717) is 25.3 Å². The molecule has 0 aromatic heterocycles. The third kappa shape index (κ3) is 4.15. The number of hydrogen-bond acceptors (Lipinski definition) is 4. The van der Waals surface area contributed by atoms with Gasteiger partial charge in [-0.3, -0.25) is 14.4 Å². The summed E-state index contributed by atoms with van der Waals surface area (Å²) in [4.78, 5) is 39.0. The van der Waals surface area contributed by atoms with Crippen LogP contribution in [0.3, 0.4) is 0 Å². The molecule has 2 aliphatic rings. The van der Waals surface area contributed by atoms with E-state index in [-0.39, 0.29) is 30.4 Å². The van der Waals surface area contributed by atoms with Gasteiger partial charge in [0.25, 0.3) is 0 Å². The Bertz CT molecular complexity index is 746. The fourth-order valence-electron chi connectivity index (χ4n) is 4.07. The summed E-state index contributed by atoms with van der Waals surface area (Å²) in [6.07, 6.45) is 2.89. The van der Waals surface area contributed by atoms with Crippen molar-refractivity contribution in [3.05, 3.63) is 29.3 Å². The number of rotatable bonds is 6. The molecule has 1 aromatic carbocycles. The van der Waals surface area contributed by atoms with Gasteiger partial charge in [-0.1, -0.05) is 0 Å². The number of likely N-dealkylation sites (tertiary alicyclic amines) is 1. The van der Waals surface area contributed by atoms with Crippen molar-refractivity contribution in [3.63, 3.8) is 0 Å². The molecule has 6 heteroatoms. The van der Waals surface area contributed by atoms with Gasteiger partial charge in [0.15, 0.2) is 5.78 Å². The van der Waals surface area contributed by atoms with Gasteiger partial charge in [-0.2, -0.15) is 0 Å². The van der Waals surface area contributed by atoms with Crippen molar-refractivity contribution in [2.45, 2.75) is 46.0 Å². The second-order valence-electron chi connectivity index (χ2n) is 7.54. The lowest BCUT2D eigenvalue weighted by Crippen LogP contribution is -2.47. The number of nitrogens with one attached hydrogen (secondary N) is 1. The van der Waals surface area contributed by atoms with Crippen molar-refractivity contribution < 1.29 is 19.1 Å². The third-order valence-corrected chi connectivity index (χ3v) is 5.67. The van der Waals surface area contributed by atoms with Crippen LogP contribution in [-0.2, 0) is 9.59 Å². The normalized spacial score (nSPS) is 22.0. The van der Waals surface area contributed by atoms with Crippen LogP contribution in [-0.4, -0.2) is 48.7 Å². The van der Waals surface area contributed by atoms with Crippen molar-refractivity contribution >= 4 is 17.6 Å². The molecule has 3 rings (SSSR count). The minimum Gasteiger partial charge on any atom is -0.494 e. The van der Waals surface area contributed by atoms with E-state index in [9.17, 15) is 14.4 Å². The molecule has 1 atom stereocenters. The number of nitrogens with zero attached hydrogens (tertiary/aromatic N) is 1. The fourth-order valence-corrected chi connectivity index (χ4v) is 4.07. The molecule has 2 heterocycles. The van der Waals surface area contributed by atoms with Crippen molar-refractivity contribution in [1.29, 1.82) is 0 Å². The molecule has 0 radical (unpaired) electrons. The van der Waals surface area contributed by atoms with Crippen molar-refractivity contribution in [2.24, 2.45) is 5.41 Å². The van der Waals surface area contributed by atoms with E-state index in [2.05, 4.69) is 5.32 Å². The maximum Gasteiger partial charge on any atom is 0.228 e. The summed E-state index contributed by atoms with van der Waals surface area (Å²) < 4.78 is 5.50. The zero-order valence-corrected chi connectivity index (χ0v) is 16.2. The number of amides is 2. The predicted molar refractivity (Wildman–Crippen MR) is 102 cm³/mol. The zero-order valence-electron chi connectivity index (χ0n) is 16.2. The topological polar surface area (TPSA) is 75.7 Å². The largest absolute Gasteiger partial charge is 0.494 e. The predicted octanol–water partition coefficient (Wildman–Crippen LogP) is 2.49. The minimum absolute atomic E-state index is 0.0405. The van der Waals surface area contributed by atoms with E-state index < -0.39 is 5.41 Å². The van der Waals surface area contributed by atoms with Gasteiger partial charge in [0, 0.05) is 38.0 Å². The van der Waals surface area contributed by atoms with Crippen LogP contribution in [0.15, 0.2) is 18.2 Å². The maximum atomic E-state index is 12.5. The highest BCUT2D eigenvalue weighted by molar-refractivity contribution is 5.98. The van der Waals surface area contributed by atoms with Gasteiger partial charge >= 0.3 is 0 Å². The number of hydrogen-bond donors (Lipinski definition) is 1. The molecule has 2 aliphatic heterocycles. The van der Waals surface area contributed by atoms with Crippen LogP contribution in [0.4, 0.5) is 0 Å².